The van der Waals surface area contributed by atoms with E-state index < -0.39 is 11.7 Å². The highest BCUT2D eigenvalue weighted by atomic mass is 35.5. The number of rotatable bonds is 3. The molecule has 1 aromatic heterocycles. The average Bonchev–Trinajstić information content (AvgIpc) is 2.95. The van der Waals surface area contributed by atoms with Crippen LogP contribution in [0.25, 0.3) is 0 Å². The Morgan fingerprint density at radius 1 is 1.20 bits per heavy atom. The lowest BCUT2D eigenvalue weighted by atomic mass is 10.1. The number of hydrogen-bond acceptors (Lipinski definition) is 3. The smallest absolute Gasteiger partial charge is 0.264 e. The number of aryl methyl sites for hydroxylation is 1. The zero-order chi connectivity index (χ0) is 18.0. The van der Waals surface area contributed by atoms with Gasteiger partial charge in [-0.05, 0) is 56.0 Å². The fourth-order valence-electron chi connectivity index (χ4n) is 2.85. The Hall–Kier alpha value is -1.92. The van der Waals surface area contributed by atoms with Gasteiger partial charge in [-0.15, -0.1) is 11.3 Å². The van der Waals surface area contributed by atoms with Gasteiger partial charge >= 0.3 is 0 Å². The summed E-state index contributed by atoms with van der Waals surface area (Å²) < 4.78 is 13.1. The molecule has 2 aromatic rings. The number of carbonyl (C=O) groups excluding carboxylic acids is 2. The Kier molecular flexibility index (Phi) is 5.39. The Morgan fingerprint density at radius 2 is 1.92 bits per heavy atom. The molecule has 1 saturated heterocycles. The summed E-state index contributed by atoms with van der Waals surface area (Å²) in [7, 11) is 0. The van der Waals surface area contributed by atoms with Crippen LogP contribution in [0.2, 0.25) is 5.02 Å². The van der Waals surface area contributed by atoms with Gasteiger partial charge in [0.25, 0.3) is 11.8 Å². The van der Waals surface area contributed by atoms with E-state index in [1.54, 1.807) is 6.07 Å². The van der Waals surface area contributed by atoms with Crippen LogP contribution in [-0.4, -0.2) is 29.8 Å². The number of thiophene rings is 1. The molecule has 4 nitrogen and oxygen atoms in total. The fraction of sp³-hybridized carbons (Fsp3) is 0.333. The molecule has 1 aliphatic rings. The van der Waals surface area contributed by atoms with Crippen LogP contribution in [0.4, 0.5) is 9.39 Å². The molecule has 0 atom stereocenters. The number of piperidine rings is 1. The summed E-state index contributed by atoms with van der Waals surface area (Å²) in [6.07, 6.45) is 3.22. The van der Waals surface area contributed by atoms with Gasteiger partial charge in [-0.25, -0.2) is 4.39 Å². The Labute approximate surface area is 154 Å². The van der Waals surface area contributed by atoms with Crippen LogP contribution in [0.5, 0.6) is 0 Å². The van der Waals surface area contributed by atoms with Crippen molar-refractivity contribution in [2.75, 3.05) is 18.4 Å². The highest BCUT2D eigenvalue weighted by molar-refractivity contribution is 7.18. The van der Waals surface area contributed by atoms with Gasteiger partial charge in [-0.1, -0.05) is 11.6 Å². The summed E-state index contributed by atoms with van der Waals surface area (Å²) in [5.41, 5.74) is 1.03. The van der Waals surface area contributed by atoms with Crippen LogP contribution >= 0.6 is 22.9 Å². The number of carbonyl (C=O) groups is 2. The quantitative estimate of drug-likeness (QED) is 0.837. The van der Waals surface area contributed by atoms with Gasteiger partial charge in [0.15, 0.2) is 0 Å². The normalized spacial score (nSPS) is 14.4. The van der Waals surface area contributed by atoms with Gasteiger partial charge in [0, 0.05) is 13.1 Å². The molecule has 0 radical (unpaired) electrons. The highest BCUT2D eigenvalue weighted by Crippen LogP contribution is 2.29. The van der Waals surface area contributed by atoms with Crippen LogP contribution in [-0.2, 0) is 0 Å². The van der Waals surface area contributed by atoms with Gasteiger partial charge in [-0.3, -0.25) is 9.59 Å². The third-order valence-corrected chi connectivity index (χ3v) is 5.62. The number of benzene rings is 1. The molecule has 1 N–H and O–H groups in total. The molecule has 1 fully saturated rings. The van der Waals surface area contributed by atoms with E-state index in [4.69, 9.17) is 11.6 Å². The van der Waals surface area contributed by atoms with Crippen LogP contribution in [0.15, 0.2) is 24.3 Å². The minimum Gasteiger partial charge on any atom is -0.338 e. The zero-order valence-corrected chi connectivity index (χ0v) is 15.3. The first-order valence-electron chi connectivity index (χ1n) is 8.12. The summed E-state index contributed by atoms with van der Waals surface area (Å²) in [6.45, 7) is 3.42. The van der Waals surface area contributed by atoms with E-state index >= 15 is 0 Å². The first kappa shape index (κ1) is 17.9. The maximum atomic E-state index is 13.1. The second-order valence-electron chi connectivity index (χ2n) is 6.05. The number of amides is 2. The SMILES string of the molecule is Cc1cc(NC(=O)c2ccc(F)cc2Cl)sc1C(=O)N1CCCCC1. The predicted octanol–water partition coefficient (Wildman–Crippen LogP) is 4.73. The van der Waals surface area contributed by atoms with Crippen LogP contribution < -0.4 is 5.32 Å². The molecular formula is C18H18ClFN2O2S. The largest absolute Gasteiger partial charge is 0.338 e. The number of nitrogens with one attached hydrogen (secondary N) is 1. The maximum absolute atomic E-state index is 13.1. The number of halogens is 2. The van der Waals surface area contributed by atoms with E-state index in [1.165, 1.54) is 23.5 Å². The first-order valence-corrected chi connectivity index (χ1v) is 9.31. The lowest BCUT2D eigenvalue weighted by molar-refractivity contribution is 0.0728. The van der Waals surface area contributed by atoms with E-state index in [2.05, 4.69) is 5.32 Å². The van der Waals surface area contributed by atoms with E-state index in [9.17, 15) is 14.0 Å². The molecule has 3 rings (SSSR count). The van der Waals surface area contributed by atoms with Crippen molar-refractivity contribution in [3.63, 3.8) is 0 Å². The lowest BCUT2D eigenvalue weighted by Gasteiger charge is -2.26. The van der Waals surface area contributed by atoms with Crippen molar-refractivity contribution in [2.24, 2.45) is 0 Å². The third kappa shape index (κ3) is 4.02. The fourth-order valence-corrected chi connectivity index (χ4v) is 4.14. The van der Waals surface area contributed by atoms with Crippen molar-refractivity contribution in [1.82, 2.24) is 4.90 Å². The van der Waals surface area contributed by atoms with Gasteiger partial charge in [0.1, 0.15) is 5.82 Å². The van der Waals surface area contributed by atoms with Crippen LogP contribution in [0, 0.1) is 12.7 Å². The molecule has 1 aliphatic heterocycles. The molecular weight excluding hydrogens is 363 g/mol. The lowest BCUT2D eigenvalue weighted by Crippen LogP contribution is -2.35. The summed E-state index contributed by atoms with van der Waals surface area (Å²) in [4.78, 5) is 27.5. The van der Waals surface area contributed by atoms with Crippen molar-refractivity contribution < 1.29 is 14.0 Å². The Balaban J connectivity index is 1.75. The zero-order valence-electron chi connectivity index (χ0n) is 13.8. The average molecular weight is 381 g/mol. The minimum atomic E-state index is -0.497. The molecule has 0 unspecified atom stereocenters. The van der Waals surface area contributed by atoms with Gasteiger partial charge < -0.3 is 10.2 Å². The molecule has 1 aromatic carbocycles. The van der Waals surface area contributed by atoms with Crippen molar-refractivity contribution in [3.05, 3.63) is 51.1 Å². The molecule has 0 aliphatic carbocycles. The topological polar surface area (TPSA) is 49.4 Å². The Morgan fingerprint density at radius 3 is 2.60 bits per heavy atom. The predicted molar refractivity (Wildman–Crippen MR) is 98.2 cm³/mol. The van der Waals surface area contributed by atoms with E-state index in [-0.39, 0.29) is 16.5 Å². The highest BCUT2D eigenvalue weighted by Gasteiger charge is 2.22. The summed E-state index contributed by atoms with van der Waals surface area (Å²) in [5, 5.41) is 3.36. The third-order valence-electron chi connectivity index (χ3n) is 4.17. The summed E-state index contributed by atoms with van der Waals surface area (Å²) in [6, 6.07) is 5.40. The van der Waals surface area contributed by atoms with Crippen LogP contribution in [0.1, 0.15) is 44.9 Å². The molecule has 2 heterocycles. The molecule has 0 spiro atoms. The molecule has 0 bridgehead atoms. The number of nitrogens with zero attached hydrogens (tertiary/aromatic N) is 1. The second kappa shape index (κ2) is 7.54. The van der Waals surface area contributed by atoms with Crippen LogP contribution in [0.3, 0.4) is 0 Å². The summed E-state index contributed by atoms with van der Waals surface area (Å²) >= 11 is 7.17. The van der Waals surface area contributed by atoms with Crippen molar-refractivity contribution in [1.29, 1.82) is 0 Å². The number of likely N-dealkylation sites (tertiary alicyclic amines) is 1. The van der Waals surface area contributed by atoms with Crippen molar-refractivity contribution in [2.45, 2.75) is 26.2 Å². The monoisotopic (exact) mass is 380 g/mol. The van der Waals surface area contributed by atoms with Crippen molar-refractivity contribution in [3.8, 4) is 0 Å². The van der Waals surface area contributed by atoms with Gasteiger partial charge in [-0.2, -0.15) is 0 Å². The second-order valence-corrected chi connectivity index (χ2v) is 7.51. The first-order chi connectivity index (χ1) is 12.0. The molecule has 0 saturated carbocycles. The van der Waals surface area contributed by atoms with Crippen molar-refractivity contribution >= 4 is 39.8 Å². The molecule has 2 amide bonds. The minimum absolute atomic E-state index is 0.0162. The van der Waals surface area contributed by atoms with Gasteiger partial charge in [0.05, 0.1) is 20.5 Å². The van der Waals surface area contributed by atoms with E-state index in [1.807, 2.05) is 11.8 Å². The number of hydrogen-bond donors (Lipinski definition) is 1. The maximum Gasteiger partial charge on any atom is 0.264 e. The summed E-state index contributed by atoms with van der Waals surface area (Å²) in [5.74, 6) is -0.909. The van der Waals surface area contributed by atoms with E-state index in [0.29, 0.717) is 9.88 Å². The van der Waals surface area contributed by atoms with E-state index in [0.717, 1.165) is 44.0 Å². The molecule has 7 heteroatoms. The Bertz CT molecular complexity index is 815. The number of anilines is 1. The molecule has 132 valence electrons. The standard InChI is InChI=1S/C18H18ClFN2O2S/c1-11-9-15(21-17(23)13-6-5-12(20)10-14(13)19)25-16(11)18(24)22-7-3-2-4-8-22/h5-6,9-10H,2-4,7-8H2,1H3,(H,21,23). The molecule has 25 heavy (non-hydrogen) atoms. The van der Waals surface area contributed by atoms with Gasteiger partial charge in [0.2, 0.25) is 0 Å².